The van der Waals surface area contributed by atoms with Gasteiger partial charge in [-0.25, -0.2) is 4.79 Å². The molecule has 0 amide bonds. The molecule has 0 aromatic carbocycles. The Morgan fingerprint density at radius 1 is 0.773 bits per heavy atom. The van der Waals surface area contributed by atoms with Gasteiger partial charge in [0.1, 0.15) is 0 Å². The summed E-state index contributed by atoms with van der Waals surface area (Å²) in [6, 6.07) is 0. The monoisotopic (exact) mass is 308 g/mol. The zero-order valence-corrected chi connectivity index (χ0v) is 14.7. The van der Waals surface area contributed by atoms with Gasteiger partial charge in [0.2, 0.25) is 0 Å². The predicted molar refractivity (Wildman–Crippen MR) is 95.2 cm³/mol. The van der Waals surface area contributed by atoms with Gasteiger partial charge in [-0.2, -0.15) is 0 Å². The topological polar surface area (TPSA) is 37.3 Å². The summed E-state index contributed by atoms with van der Waals surface area (Å²) in [7, 11) is 0. The Hall–Kier alpha value is -1.01. The van der Waals surface area contributed by atoms with Crippen molar-refractivity contribution in [2.75, 3.05) is 0 Å². The second-order valence-corrected chi connectivity index (χ2v) is 6.31. The lowest BCUT2D eigenvalue weighted by molar-refractivity contribution is -0.132. The van der Waals surface area contributed by atoms with Crippen LogP contribution in [0, 0.1) is 0 Å². The number of aliphatic carboxylic acids is 1. The molecule has 0 aromatic heterocycles. The van der Waals surface area contributed by atoms with Crippen molar-refractivity contribution >= 4 is 5.97 Å². The molecule has 0 aromatic rings. The summed E-state index contributed by atoms with van der Waals surface area (Å²) in [5, 5.41) is 8.84. The summed E-state index contributed by atoms with van der Waals surface area (Å²) in [4.78, 5) is 10.8. The lowest BCUT2D eigenvalue weighted by Gasteiger charge is -2.03. The maximum atomic E-state index is 10.8. The van der Waals surface area contributed by atoms with Crippen molar-refractivity contribution in [3.8, 4) is 0 Å². The predicted octanol–water partition coefficient (Wildman–Crippen LogP) is 6.65. The molecule has 0 spiro atoms. The lowest BCUT2D eigenvalue weighted by atomic mass is 10.0. The molecule has 0 rings (SSSR count). The second-order valence-electron chi connectivity index (χ2n) is 6.31. The van der Waals surface area contributed by atoms with Crippen molar-refractivity contribution in [3.63, 3.8) is 0 Å². The third kappa shape index (κ3) is 13.9. The van der Waals surface area contributed by atoms with Crippen LogP contribution in [0.2, 0.25) is 0 Å². The van der Waals surface area contributed by atoms with E-state index in [0.717, 1.165) is 12.8 Å². The largest absolute Gasteiger partial charge is 0.477 e. The summed E-state index contributed by atoms with van der Waals surface area (Å²) in [5.41, 5.74) is 2.85. The highest BCUT2D eigenvalue weighted by atomic mass is 16.4. The van der Waals surface area contributed by atoms with Gasteiger partial charge in [-0.15, -0.1) is 5.73 Å². The van der Waals surface area contributed by atoms with Crippen molar-refractivity contribution in [2.45, 2.75) is 103 Å². The number of rotatable bonds is 16. The van der Waals surface area contributed by atoms with Crippen LogP contribution in [0.5, 0.6) is 0 Å². The van der Waals surface area contributed by atoms with Crippen LogP contribution < -0.4 is 0 Å². The van der Waals surface area contributed by atoms with Crippen LogP contribution >= 0.6 is 0 Å². The van der Waals surface area contributed by atoms with E-state index in [9.17, 15) is 4.79 Å². The number of carbonyl (C=O) groups is 1. The summed E-state index contributed by atoms with van der Waals surface area (Å²) in [5.74, 6) is -0.871. The van der Waals surface area contributed by atoms with Crippen molar-refractivity contribution in [2.24, 2.45) is 0 Å². The van der Waals surface area contributed by atoms with Gasteiger partial charge >= 0.3 is 5.97 Å². The molecule has 22 heavy (non-hydrogen) atoms. The zero-order chi connectivity index (χ0) is 16.5. The first-order valence-electron chi connectivity index (χ1n) is 9.34. The summed E-state index contributed by atoms with van der Waals surface area (Å²) < 4.78 is 0. The number of hydrogen-bond acceptors (Lipinski definition) is 1. The highest BCUT2D eigenvalue weighted by Gasteiger charge is 2.04. The van der Waals surface area contributed by atoms with E-state index < -0.39 is 5.97 Å². The Morgan fingerprint density at radius 3 is 1.45 bits per heavy atom. The first kappa shape index (κ1) is 21.0. The molecular weight excluding hydrogens is 272 g/mol. The van der Waals surface area contributed by atoms with E-state index in [2.05, 4.69) is 19.2 Å². The van der Waals surface area contributed by atoms with E-state index in [1.807, 2.05) is 0 Å². The number of unbranched alkanes of at least 4 members (excludes halogenated alkanes) is 13. The Labute approximate surface area is 137 Å². The van der Waals surface area contributed by atoms with Crippen LogP contribution in [0.4, 0.5) is 0 Å². The van der Waals surface area contributed by atoms with Crippen LogP contribution in [-0.2, 0) is 4.79 Å². The minimum absolute atomic E-state index is 0.332. The fraction of sp³-hybridized carbons (Fsp3) is 0.800. The molecule has 0 fully saturated rings. The van der Waals surface area contributed by atoms with Gasteiger partial charge in [0.25, 0.3) is 0 Å². The quantitative estimate of drug-likeness (QED) is 0.197. The van der Waals surface area contributed by atoms with Gasteiger partial charge in [0.05, 0.1) is 5.57 Å². The van der Waals surface area contributed by atoms with Gasteiger partial charge in [-0.1, -0.05) is 97.0 Å². The molecular formula is C20H36O2. The van der Waals surface area contributed by atoms with Crippen molar-refractivity contribution in [1.82, 2.24) is 0 Å². The average Bonchev–Trinajstić information content (AvgIpc) is 2.51. The third-order valence-electron chi connectivity index (χ3n) is 4.25. The Balaban J connectivity index is 3.18. The summed E-state index contributed by atoms with van der Waals surface area (Å²) in [6.45, 7) is 5.69. The fourth-order valence-corrected chi connectivity index (χ4v) is 2.77. The molecule has 0 unspecified atom stereocenters. The Bertz CT molecular complexity index is 314. The molecule has 0 radical (unpaired) electrons. The average molecular weight is 309 g/mol. The van der Waals surface area contributed by atoms with Gasteiger partial charge in [0.15, 0.2) is 0 Å². The van der Waals surface area contributed by atoms with Gasteiger partial charge in [0, 0.05) is 0 Å². The zero-order valence-electron chi connectivity index (χ0n) is 14.7. The Morgan fingerprint density at radius 2 is 1.14 bits per heavy atom. The molecule has 0 saturated heterocycles. The molecule has 0 bridgehead atoms. The van der Waals surface area contributed by atoms with Gasteiger partial charge in [-0.3, -0.25) is 0 Å². The number of carboxylic acid groups (broad SMARTS) is 1. The first-order chi connectivity index (χ1) is 10.7. The van der Waals surface area contributed by atoms with E-state index in [1.165, 1.54) is 77.0 Å². The number of hydrogen-bond donors (Lipinski definition) is 1. The van der Waals surface area contributed by atoms with E-state index in [1.54, 1.807) is 0 Å². The smallest absolute Gasteiger partial charge is 0.339 e. The fourth-order valence-electron chi connectivity index (χ4n) is 2.77. The van der Waals surface area contributed by atoms with Crippen molar-refractivity contribution in [1.29, 1.82) is 0 Å². The first-order valence-corrected chi connectivity index (χ1v) is 9.34. The lowest BCUT2D eigenvalue weighted by Crippen LogP contribution is -1.99. The molecule has 0 aliphatic carbocycles. The molecule has 0 heterocycles. The van der Waals surface area contributed by atoms with Crippen molar-refractivity contribution in [3.05, 3.63) is 17.9 Å². The molecule has 0 aliphatic rings. The maximum Gasteiger partial charge on any atom is 0.339 e. The van der Waals surface area contributed by atoms with Crippen molar-refractivity contribution < 1.29 is 9.90 Å². The Kier molecular flexibility index (Phi) is 15.6. The van der Waals surface area contributed by atoms with E-state index in [0.29, 0.717) is 12.0 Å². The standard InChI is InChI=1S/C20H36O2/c1-3-5-6-7-8-9-10-11-12-13-14-15-16-17-18-19(4-2)20(21)22/h2-3,5-18H2,1H3,(H,21,22). The van der Waals surface area contributed by atoms with Crippen LogP contribution in [0.15, 0.2) is 17.9 Å². The summed E-state index contributed by atoms with van der Waals surface area (Å²) >= 11 is 0. The van der Waals surface area contributed by atoms with Crippen LogP contribution in [0.25, 0.3) is 0 Å². The summed E-state index contributed by atoms with van der Waals surface area (Å²) in [6.07, 6.45) is 19.1. The highest BCUT2D eigenvalue weighted by Crippen LogP contribution is 2.14. The normalized spacial score (nSPS) is 10.4. The van der Waals surface area contributed by atoms with E-state index in [-0.39, 0.29) is 0 Å². The molecule has 128 valence electrons. The second kappa shape index (κ2) is 16.4. The number of carboxylic acids is 1. The maximum absolute atomic E-state index is 10.8. The highest BCUT2D eigenvalue weighted by molar-refractivity contribution is 5.86. The molecule has 0 atom stereocenters. The minimum atomic E-state index is -0.871. The molecule has 0 aliphatic heterocycles. The SMILES string of the molecule is C=C=C(CCCCCCCCCCCCCCCC)C(=O)O. The third-order valence-corrected chi connectivity index (χ3v) is 4.25. The van der Waals surface area contributed by atoms with Crippen LogP contribution in [0.1, 0.15) is 103 Å². The van der Waals surface area contributed by atoms with Crippen LogP contribution in [-0.4, -0.2) is 11.1 Å². The van der Waals surface area contributed by atoms with E-state index >= 15 is 0 Å². The van der Waals surface area contributed by atoms with Gasteiger partial charge < -0.3 is 5.11 Å². The molecule has 2 nitrogen and oxygen atoms in total. The minimum Gasteiger partial charge on any atom is -0.477 e. The van der Waals surface area contributed by atoms with Crippen LogP contribution in [0.3, 0.4) is 0 Å². The molecule has 2 heteroatoms. The van der Waals surface area contributed by atoms with E-state index in [4.69, 9.17) is 5.11 Å². The molecule has 0 saturated carbocycles. The molecule has 1 N–H and O–H groups in total. The van der Waals surface area contributed by atoms with Gasteiger partial charge in [-0.05, 0) is 12.8 Å².